The molecule has 0 amide bonds. The summed E-state index contributed by atoms with van der Waals surface area (Å²) in [5, 5.41) is 0. The van der Waals surface area contributed by atoms with Crippen molar-refractivity contribution in [3.8, 4) is 0 Å². The van der Waals surface area contributed by atoms with Crippen molar-refractivity contribution in [2.75, 3.05) is 13.2 Å². The second kappa shape index (κ2) is 7.05. The third kappa shape index (κ3) is 2.95. The fourth-order valence-corrected chi connectivity index (χ4v) is 4.72. The van der Waals surface area contributed by atoms with Gasteiger partial charge in [0, 0.05) is 19.3 Å². The lowest BCUT2D eigenvalue weighted by Gasteiger charge is -2.27. The van der Waals surface area contributed by atoms with E-state index in [1.165, 1.54) is 4.31 Å². The Hall–Kier alpha value is -2.45. The number of benzene rings is 1. The van der Waals surface area contributed by atoms with Crippen LogP contribution in [0.25, 0.3) is 0 Å². The number of aldehydes is 1. The van der Waals surface area contributed by atoms with Crippen LogP contribution in [0.1, 0.15) is 39.0 Å². The second-order valence-corrected chi connectivity index (χ2v) is 7.92. The van der Waals surface area contributed by atoms with Gasteiger partial charge in [0.1, 0.15) is 5.69 Å². The lowest BCUT2D eigenvalue weighted by Crippen LogP contribution is -2.36. The molecule has 1 aromatic carbocycles. The lowest BCUT2D eigenvalue weighted by molar-refractivity contribution is 0.0512. The van der Waals surface area contributed by atoms with E-state index >= 15 is 0 Å². The molecule has 1 aromatic heterocycles. The van der Waals surface area contributed by atoms with Crippen LogP contribution >= 0.6 is 0 Å². The van der Waals surface area contributed by atoms with Gasteiger partial charge in [-0.25, -0.2) is 13.2 Å². The Morgan fingerprint density at radius 1 is 1.27 bits per heavy atom. The van der Waals surface area contributed by atoms with Crippen LogP contribution in [-0.2, 0) is 34.8 Å². The molecule has 0 unspecified atom stereocenters. The summed E-state index contributed by atoms with van der Waals surface area (Å²) >= 11 is 0. The molecule has 0 aliphatic carbocycles. The number of carbonyl (C=O) groups is 2. The Labute approximate surface area is 152 Å². The minimum absolute atomic E-state index is 0.101. The number of nitrogens with zero attached hydrogens (tertiary/aromatic N) is 2. The highest BCUT2D eigenvalue weighted by Gasteiger charge is 2.34. The maximum absolute atomic E-state index is 12.9. The van der Waals surface area contributed by atoms with E-state index in [1.54, 1.807) is 48.9 Å². The van der Waals surface area contributed by atoms with Gasteiger partial charge in [0.2, 0.25) is 10.0 Å². The molecule has 8 heteroatoms. The lowest BCUT2D eigenvalue weighted by atomic mass is 10.0. The molecule has 1 aliphatic heterocycles. The van der Waals surface area contributed by atoms with Crippen molar-refractivity contribution >= 4 is 22.3 Å². The molecule has 0 bridgehead atoms. The van der Waals surface area contributed by atoms with Crippen molar-refractivity contribution in [2.24, 2.45) is 7.05 Å². The molecular formula is C18H20N2O5S. The second-order valence-electron chi connectivity index (χ2n) is 5.99. The van der Waals surface area contributed by atoms with Gasteiger partial charge in [-0.3, -0.25) is 4.79 Å². The number of esters is 1. The van der Waals surface area contributed by atoms with Crippen molar-refractivity contribution in [3.63, 3.8) is 0 Å². The zero-order valence-corrected chi connectivity index (χ0v) is 15.5. The zero-order chi connectivity index (χ0) is 18.9. The highest BCUT2D eigenvalue weighted by Crippen LogP contribution is 2.30. The van der Waals surface area contributed by atoms with Crippen LogP contribution in [0, 0.1) is 0 Å². The monoisotopic (exact) mass is 376 g/mol. The highest BCUT2D eigenvalue weighted by molar-refractivity contribution is 7.89. The minimum atomic E-state index is -3.65. The molecule has 1 aliphatic rings. The van der Waals surface area contributed by atoms with Crippen LogP contribution in [0.5, 0.6) is 0 Å². The van der Waals surface area contributed by atoms with Crippen LogP contribution < -0.4 is 0 Å². The van der Waals surface area contributed by atoms with Crippen LogP contribution in [0.3, 0.4) is 0 Å². The van der Waals surface area contributed by atoms with E-state index in [9.17, 15) is 18.0 Å². The molecule has 0 spiro atoms. The Bertz CT molecular complexity index is 948. The first kappa shape index (κ1) is 18.3. The maximum atomic E-state index is 12.9. The first-order valence-electron chi connectivity index (χ1n) is 8.29. The zero-order valence-electron chi connectivity index (χ0n) is 14.6. The summed E-state index contributed by atoms with van der Waals surface area (Å²) in [4.78, 5) is 24.0. The number of hydrogen-bond acceptors (Lipinski definition) is 5. The van der Waals surface area contributed by atoms with E-state index in [4.69, 9.17) is 4.74 Å². The van der Waals surface area contributed by atoms with Crippen molar-refractivity contribution in [3.05, 3.63) is 52.8 Å². The van der Waals surface area contributed by atoms with E-state index < -0.39 is 16.0 Å². The quantitative estimate of drug-likeness (QED) is 0.586. The van der Waals surface area contributed by atoms with Gasteiger partial charge in [-0.15, -0.1) is 0 Å². The molecule has 7 nitrogen and oxygen atoms in total. The molecule has 2 aromatic rings. The molecule has 0 saturated heterocycles. The van der Waals surface area contributed by atoms with Gasteiger partial charge < -0.3 is 9.30 Å². The van der Waals surface area contributed by atoms with Gasteiger partial charge in [-0.2, -0.15) is 4.31 Å². The van der Waals surface area contributed by atoms with E-state index in [1.807, 2.05) is 0 Å². The van der Waals surface area contributed by atoms with E-state index in [0.29, 0.717) is 24.0 Å². The predicted octanol–water partition coefficient (Wildman–Crippen LogP) is 1.76. The maximum Gasteiger partial charge on any atom is 0.355 e. The molecule has 3 rings (SSSR count). The fourth-order valence-electron chi connectivity index (χ4n) is 3.30. The third-order valence-electron chi connectivity index (χ3n) is 4.57. The first-order valence-corrected chi connectivity index (χ1v) is 9.73. The van der Waals surface area contributed by atoms with Gasteiger partial charge in [-0.05, 0) is 31.0 Å². The number of rotatable bonds is 5. The Kier molecular flexibility index (Phi) is 4.97. The summed E-state index contributed by atoms with van der Waals surface area (Å²) in [7, 11) is -2.00. The Morgan fingerprint density at radius 2 is 1.96 bits per heavy atom. The van der Waals surface area contributed by atoms with Gasteiger partial charge in [-0.1, -0.05) is 18.2 Å². The van der Waals surface area contributed by atoms with Crippen molar-refractivity contribution in [2.45, 2.75) is 24.8 Å². The number of ether oxygens (including phenoxy) is 1. The van der Waals surface area contributed by atoms with Gasteiger partial charge in [0.15, 0.2) is 6.29 Å². The average molecular weight is 376 g/mol. The van der Waals surface area contributed by atoms with Gasteiger partial charge in [0.25, 0.3) is 0 Å². The average Bonchev–Trinajstić information content (AvgIpc) is 2.94. The largest absolute Gasteiger partial charge is 0.461 e. The molecule has 138 valence electrons. The number of sulfonamides is 1. The summed E-state index contributed by atoms with van der Waals surface area (Å²) in [6.45, 7) is 2.23. The smallest absolute Gasteiger partial charge is 0.355 e. The SMILES string of the molecule is CCOC(=O)c1c(C=O)c2c(n1C)CN(S(=O)(=O)c1ccccc1)CC2. The molecule has 0 fully saturated rings. The molecule has 2 heterocycles. The Morgan fingerprint density at radius 3 is 2.58 bits per heavy atom. The molecule has 0 atom stereocenters. The van der Waals surface area contributed by atoms with E-state index in [0.717, 1.165) is 0 Å². The molecule has 0 saturated carbocycles. The summed E-state index contributed by atoms with van der Waals surface area (Å²) in [5.74, 6) is -0.580. The number of hydrogen-bond donors (Lipinski definition) is 0. The van der Waals surface area contributed by atoms with Crippen molar-refractivity contribution in [1.82, 2.24) is 8.87 Å². The standard InChI is InChI=1S/C18H20N2O5S/c1-3-25-18(22)17-15(12-21)14-9-10-20(11-16(14)19(17)2)26(23,24)13-7-5-4-6-8-13/h4-8,12H,3,9-11H2,1-2H3. The van der Waals surface area contributed by atoms with Crippen LogP contribution in [0.4, 0.5) is 0 Å². The fraction of sp³-hybridized carbons (Fsp3) is 0.333. The molecular weight excluding hydrogens is 356 g/mol. The van der Waals surface area contributed by atoms with Crippen LogP contribution in [0.15, 0.2) is 35.2 Å². The van der Waals surface area contributed by atoms with Gasteiger partial charge >= 0.3 is 5.97 Å². The van der Waals surface area contributed by atoms with Crippen molar-refractivity contribution < 1.29 is 22.7 Å². The molecule has 26 heavy (non-hydrogen) atoms. The summed E-state index contributed by atoms with van der Waals surface area (Å²) in [5.41, 5.74) is 1.81. The summed E-state index contributed by atoms with van der Waals surface area (Å²) in [6.07, 6.45) is 1.01. The van der Waals surface area contributed by atoms with Crippen LogP contribution in [0.2, 0.25) is 0 Å². The summed E-state index contributed by atoms with van der Waals surface area (Å²) < 4.78 is 33.7. The normalized spacial score (nSPS) is 14.7. The minimum Gasteiger partial charge on any atom is -0.461 e. The van der Waals surface area contributed by atoms with E-state index in [2.05, 4.69) is 0 Å². The number of carbonyl (C=O) groups excluding carboxylic acids is 2. The summed E-state index contributed by atoms with van der Waals surface area (Å²) in [6, 6.07) is 8.21. The highest BCUT2D eigenvalue weighted by atomic mass is 32.2. The molecule has 0 radical (unpaired) electrons. The van der Waals surface area contributed by atoms with Crippen LogP contribution in [-0.4, -0.2) is 42.7 Å². The predicted molar refractivity (Wildman–Crippen MR) is 94.5 cm³/mol. The first-order chi connectivity index (χ1) is 12.4. The topological polar surface area (TPSA) is 85.7 Å². The third-order valence-corrected chi connectivity index (χ3v) is 6.43. The Balaban J connectivity index is 2.01. The number of aromatic nitrogens is 1. The van der Waals surface area contributed by atoms with Gasteiger partial charge in [0.05, 0.1) is 23.6 Å². The number of fused-ring (bicyclic) bond motifs is 1. The van der Waals surface area contributed by atoms with E-state index in [-0.39, 0.29) is 35.8 Å². The van der Waals surface area contributed by atoms with Crippen molar-refractivity contribution in [1.29, 1.82) is 0 Å². The molecule has 0 N–H and O–H groups in total.